The standard InChI is InChI=1S/C14H12N8/c15-10-3-1-2-9(6-10)7-22-14-13(20-21-22)12(16-8-17-14)11-4-5-18-19-11/h1-6,8H,7,15H2,(H,18,19). The van der Waals surface area contributed by atoms with Gasteiger partial charge in [-0.3, -0.25) is 5.10 Å². The second kappa shape index (κ2) is 4.92. The Morgan fingerprint density at radius 2 is 2.14 bits per heavy atom. The van der Waals surface area contributed by atoms with Crippen molar-refractivity contribution in [3.63, 3.8) is 0 Å². The quantitative estimate of drug-likeness (QED) is 0.549. The van der Waals surface area contributed by atoms with E-state index in [0.717, 1.165) is 16.9 Å². The molecular weight excluding hydrogens is 280 g/mol. The van der Waals surface area contributed by atoms with Crippen LogP contribution in [0.15, 0.2) is 42.9 Å². The van der Waals surface area contributed by atoms with Crippen LogP contribution >= 0.6 is 0 Å². The Kier molecular flexibility index (Phi) is 2.78. The van der Waals surface area contributed by atoms with E-state index >= 15 is 0 Å². The minimum atomic E-state index is 0.543. The van der Waals surface area contributed by atoms with Gasteiger partial charge in [0.2, 0.25) is 0 Å². The van der Waals surface area contributed by atoms with Gasteiger partial charge >= 0.3 is 0 Å². The molecule has 3 heterocycles. The third-order valence-corrected chi connectivity index (χ3v) is 3.34. The average molecular weight is 292 g/mol. The number of nitrogens with one attached hydrogen (secondary N) is 1. The molecule has 0 saturated carbocycles. The number of nitrogen functional groups attached to an aromatic ring is 1. The van der Waals surface area contributed by atoms with Crippen LogP contribution in [0.25, 0.3) is 22.6 Å². The lowest BCUT2D eigenvalue weighted by Gasteiger charge is -2.03. The van der Waals surface area contributed by atoms with E-state index in [1.165, 1.54) is 6.33 Å². The third-order valence-electron chi connectivity index (χ3n) is 3.34. The van der Waals surface area contributed by atoms with Crippen molar-refractivity contribution < 1.29 is 0 Å². The summed E-state index contributed by atoms with van der Waals surface area (Å²) in [5, 5.41) is 15.2. The lowest BCUT2D eigenvalue weighted by atomic mass is 10.2. The molecule has 0 spiro atoms. The maximum absolute atomic E-state index is 5.81. The lowest BCUT2D eigenvalue weighted by molar-refractivity contribution is 0.664. The van der Waals surface area contributed by atoms with Crippen LogP contribution in [0.5, 0.6) is 0 Å². The molecular formula is C14H12N8. The molecule has 0 aliphatic carbocycles. The van der Waals surface area contributed by atoms with Crippen molar-refractivity contribution in [2.24, 2.45) is 0 Å². The maximum Gasteiger partial charge on any atom is 0.182 e. The summed E-state index contributed by atoms with van der Waals surface area (Å²) in [4.78, 5) is 8.56. The van der Waals surface area contributed by atoms with Crippen LogP contribution in [-0.4, -0.2) is 35.2 Å². The minimum Gasteiger partial charge on any atom is -0.399 e. The van der Waals surface area contributed by atoms with Gasteiger partial charge in [0, 0.05) is 11.9 Å². The zero-order valence-corrected chi connectivity index (χ0v) is 11.5. The van der Waals surface area contributed by atoms with Crippen LogP contribution < -0.4 is 5.73 Å². The van der Waals surface area contributed by atoms with Crippen molar-refractivity contribution in [2.45, 2.75) is 6.54 Å². The number of nitrogens with two attached hydrogens (primary N) is 1. The number of nitrogens with zero attached hydrogens (tertiary/aromatic N) is 6. The second-order valence-corrected chi connectivity index (χ2v) is 4.86. The van der Waals surface area contributed by atoms with Crippen molar-refractivity contribution in [3.05, 3.63) is 48.4 Å². The van der Waals surface area contributed by atoms with Crippen LogP contribution in [0.2, 0.25) is 0 Å². The first-order valence-electron chi connectivity index (χ1n) is 6.69. The van der Waals surface area contributed by atoms with Crippen LogP contribution in [-0.2, 0) is 6.54 Å². The summed E-state index contributed by atoms with van der Waals surface area (Å²) < 4.78 is 1.73. The Labute approximate surface area is 125 Å². The molecule has 0 aliphatic rings. The van der Waals surface area contributed by atoms with E-state index < -0.39 is 0 Å². The summed E-state index contributed by atoms with van der Waals surface area (Å²) in [5.74, 6) is 0. The summed E-state index contributed by atoms with van der Waals surface area (Å²) in [6.07, 6.45) is 3.16. The van der Waals surface area contributed by atoms with E-state index in [1.807, 2.05) is 30.3 Å². The number of anilines is 1. The summed E-state index contributed by atoms with van der Waals surface area (Å²) in [6.45, 7) is 0.543. The molecule has 22 heavy (non-hydrogen) atoms. The molecule has 0 atom stereocenters. The largest absolute Gasteiger partial charge is 0.399 e. The van der Waals surface area contributed by atoms with Gasteiger partial charge in [-0.1, -0.05) is 17.3 Å². The molecule has 0 radical (unpaired) electrons. The maximum atomic E-state index is 5.81. The fraction of sp³-hybridized carbons (Fsp3) is 0.0714. The molecule has 108 valence electrons. The highest BCUT2D eigenvalue weighted by Gasteiger charge is 2.14. The first kappa shape index (κ1) is 12.5. The van der Waals surface area contributed by atoms with Crippen molar-refractivity contribution >= 4 is 16.9 Å². The van der Waals surface area contributed by atoms with Crippen molar-refractivity contribution in [1.29, 1.82) is 0 Å². The molecule has 3 aromatic heterocycles. The Balaban J connectivity index is 1.79. The van der Waals surface area contributed by atoms with E-state index in [4.69, 9.17) is 5.73 Å². The molecule has 0 bridgehead atoms. The zero-order valence-electron chi connectivity index (χ0n) is 11.5. The summed E-state index contributed by atoms with van der Waals surface area (Å²) in [5.41, 5.74) is 10.3. The molecule has 0 unspecified atom stereocenters. The third kappa shape index (κ3) is 2.06. The van der Waals surface area contributed by atoms with E-state index in [1.54, 1.807) is 10.9 Å². The van der Waals surface area contributed by atoms with E-state index in [0.29, 0.717) is 23.4 Å². The first-order valence-corrected chi connectivity index (χ1v) is 6.69. The van der Waals surface area contributed by atoms with Crippen molar-refractivity contribution in [2.75, 3.05) is 5.73 Å². The molecule has 3 N–H and O–H groups in total. The molecule has 1 aromatic carbocycles. The smallest absolute Gasteiger partial charge is 0.182 e. The first-order chi connectivity index (χ1) is 10.8. The molecule has 0 aliphatic heterocycles. The second-order valence-electron chi connectivity index (χ2n) is 4.86. The molecule has 4 aromatic rings. The van der Waals surface area contributed by atoms with Gasteiger partial charge in [0.05, 0.1) is 12.2 Å². The van der Waals surface area contributed by atoms with E-state index in [9.17, 15) is 0 Å². The molecule has 0 fully saturated rings. The number of hydrogen-bond donors (Lipinski definition) is 2. The Hall–Kier alpha value is -3.29. The number of aromatic nitrogens is 7. The SMILES string of the molecule is Nc1cccc(Cn2nnc3c(-c4ccn[nH]4)ncnc32)c1. The topological polar surface area (TPSA) is 111 Å². The van der Waals surface area contributed by atoms with Crippen LogP contribution in [0.1, 0.15) is 5.56 Å². The van der Waals surface area contributed by atoms with Crippen molar-refractivity contribution in [1.82, 2.24) is 35.2 Å². The van der Waals surface area contributed by atoms with Gasteiger partial charge in [-0.25, -0.2) is 14.6 Å². The summed E-state index contributed by atoms with van der Waals surface area (Å²) in [7, 11) is 0. The van der Waals surface area contributed by atoms with Gasteiger partial charge in [-0.05, 0) is 23.8 Å². The van der Waals surface area contributed by atoms with E-state index in [-0.39, 0.29) is 0 Å². The number of aromatic amines is 1. The van der Waals surface area contributed by atoms with Gasteiger partial charge in [-0.15, -0.1) is 5.10 Å². The Morgan fingerprint density at radius 3 is 2.95 bits per heavy atom. The molecule has 4 rings (SSSR count). The van der Waals surface area contributed by atoms with Crippen molar-refractivity contribution in [3.8, 4) is 11.4 Å². The normalized spacial score (nSPS) is 11.1. The Bertz CT molecular complexity index is 925. The minimum absolute atomic E-state index is 0.543. The van der Waals surface area contributed by atoms with Gasteiger partial charge < -0.3 is 5.73 Å². The fourth-order valence-electron chi connectivity index (χ4n) is 2.35. The summed E-state index contributed by atoms with van der Waals surface area (Å²) >= 11 is 0. The average Bonchev–Trinajstić information content (AvgIpc) is 3.17. The number of benzene rings is 1. The number of hydrogen-bond acceptors (Lipinski definition) is 6. The highest BCUT2D eigenvalue weighted by atomic mass is 15.4. The predicted molar refractivity (Wildman–Crippen MR) is 80.7 cm³/mol. The predicted octanol–water partition coefficient (Wildman–Crippen LogP) is 1.24. The van der Waals surface area contributed by atoms with Gasteiger partial charge in [0.25, 0.3) is 0 Å². The van der Waals surface area contributed by atoms with Crippen LogP contribution in [0.4, 0.5) is 5.69 Å². The number of rotatable bonds is 3. The number of H-pyrrole nitrogens is 1. The number of fused-ring (bicyclic) bond motifs is 1. The van der Waals surface area contributed by atoms with Gasteiger partial charge in [-0.2, -0.15) is 5.10 Å². The molecule has 0 amide bonds. The fourth-order valence-corrected chi connectivity index (χ4v) is 2.35. The zero-order chi connectivity index (χ0) is 14.9. The van der Waals surface area contributed by atoms with Gasteiger partial charge in [0.1, 0.15) is 12.0 Å². The summed E-state index contributed by atoms with van der Waals surface area (Å²) in [6, 6.07) is 9.49. The highest BCUT2D eigenvalue weighted by Crippen LogP contribution is 2.21. The molecule has 8 heteroatoms. The van der Waals surface area contributed by atoms with Crippen LogP contribution in [0, 0.1) is 0 Å². The Morgan fingerprint density at radius 1 is 1.18 bits per heavy atom. The highest BCUT2D eigenvalue weighted by molar-refractivity contribution is 5.84. The monoisotopic (exact) mass is 292 g/mol. The molecule has 0 saturated heterocycles. The van der Waals surface area contributed by atoms with E-state index in [2.05, 4.69) is 30.5 Å². The lowest BCUT2D eigenvalue weighted by Crippen LogP contribution is -2.03. The van der Waals surface area contributed by atoms with Crippen LogP contribution in [0.3, 0.4) is 0 Å². The van der Waals surface area contributed by atoms with Gasteiger partial charge in [0.15, 0.2) is 11.2 Å². The molecule has 8 nitrogen and oxygen atoms in total.